The molecule has 5 nitrogen and oxygen atoms in total. The van der Waals surface area contributed by atoms with Crippen molar-refractivity contribution in [3.05, 3.63) is 28.8 Å². The first-order chi connectivity index (χ1) is 11.3. The molecule has 2 N–H and O–H groups in total. The Morgan fingerprint density at radius 2 is 2.17 bits per heavy atom. The van der Waals surface area contributed by atoms with E-state index in [0.29, 0.717) is 23.4 Å². The number of hydrogen-bond acceptors (Lipinski definition) is 2. The molecular weight excluding hydrogens is 324 g/mol. The number of aliphatic imine (C=N–C) groups is 1. The molecule has 1 aliphatic rings. The summed E-state index contributed by atoms with van der Waals surface area (Å²) in [7, 11) is 1.78. The van der Waals surface area contributed by atoms with Gasteiger partial charge < -0.3 is 15.5 Å². The smallest absolute Gasteiger partial charge is 0.226 e. The highest BCUT2D eigenvalue weighted by Crippen LogP contribution is 2.28. The average Bonchev–Trinajstić information content (AvgIpc) is 2.88. The summed E-state index contributed by atoms with van der Waals surface area (Å²) in [6.45, 7) is 8.96. The Labute approximate surface area is 149 Å². The Kier molecular flexibility index (Phi) is 6.10. The number of benzene rings is 1. The fourth-order valence-corrected chi connectivity index (χ4v) is 3.04. The van der Waals surface area contributed by atoms with E-state index in [4.69, 9.17) is 11.6 Å². The van der Waals surface area contributed by atoms with Crippen LogP contribution in [0.3, 0.4) is 0 Å². The zero-order chi connectivity index (χ0) is 17.7. The third-order valence-electron chi connectivity index (χ3n) is 4.37. The minimum atomic E-state index is -0.0370. The zero-order valence-corrected chi connectivity index (χ0v) is 15.7. The molecule has 1 aliphatic heterocycles. The van der Waals surface area contributed by atoms with Crippen LogP contribution in [0.4, 0.5) is 5.69 Å². The molecule has 0 spiro atoms. The van der Waals surface area contributed by atoms with Gasteiger partial charge >= 0.3 is 0 Å². The molecule has 24 heavy (non-hydrogen) atoms. The molecule has 1 heterocycles. The molecule has 1 amide bonds. The predicted molar refractivity (Wildman–Crippen MR) is 101 cm³/mol. The second-order valence-corrected chi connectivity index (χ2v) is 7.43. The number of carbonyl (C=O) groups is 1. The van der Waals surface area contributed by atoms with E-state index in [-0.39, 0.29) is 5.91 Å². The SMILES string of the molecule is CN=C(NCCC(=O)Nc1cccc(Cl)c1C)N1CCC(C)(C)C1. The monoisotopic (exact) mass is 350 g/mol. The van der Waals surface area contributed by atoms with Crippen LogP contribution in [0.1, 0.15) is 32.3 Å². The molecule has 2 rings (SSSR count). The largest absolute Gasteiger partial charge is 0.356 e. The van der Waals surface area contributed by atoms with E-state index in [9.17, 15) is 4.79 Å². The molecular formula is C18H27ClN4O. The van der Waals surface area contributed by atoms with Gasteiger partial charge in [-0.3, -0.25) is 9.79 Å². The molecule has 0 saturated carbocycles. The summed E-state index contributed by atoms with van der Waals surface area (Å²) in [6, 6.07) is 5.51. The summed E-state index contributed by atoms with van der Waals surface area (Å²) >= 11 is 6.07. The Morgan fingerprint density at radius 1 is 1.42 bits per heavy atom. The van der Waals surface area contributed by atoms with Crippen LogP contribution in [-0.4, -0.2) is 43.4 Å². The van der Waals surface area contributed by atoms with Crippen LogP contribution in [0.25, 0.3) is 0 Å². The van der Waals surface area contributed by atoms with Gasteiger partial charge in [0.1, 0.15) is 0 Å². The minimum absolute atomic E-state index is 0.0370. The van der Waals surface area contributed by atoms with E-state index in [0.717, 1.165) is 36.7 Å². The van der Waals surface area contributed by atoms with Gasteiger partial charge in [0.15, 0.2) is 5.96 Å². The van der Waals surface area contributed by atoms with Crippen molar-refractivity contribution in [2.24, 2.45) is 10.4 Å². The Bertz CT molecular complexity index is 627. The van der Waals surface area contributed by atoms with Crippen LogP contribution in [0.5, 0.6) is 0 Å². The van der Waals surface area contributed by atoms with Gasteiger partial charge in [0.2, 0.25) is 5.91 Å². The molecule has 0 bridgehead atoms. The van der Waals surface area contributed by atoms with Gasteiger partial charge in [-0.2, -0.15) is 0 Å². The lowest BCUT2D eigenvalue weighted by Crippen LogP contribution is -2.41. The first-order valence-corrected chi connectivity index (χ1v) is 8.71. The number of nitrogens with zero attached hydrogens (tertiary/aromatic N) is 2. The van der Waals surface area contributed by atoms with E-state index < -0.39 is 0 Å². The molecule has 0 aliphatic carbocycles. The number of hydrogen-bond donors (Lipinski definition) is 2. The zero-order valence-electron chi connectivity index (χ0n) is 14.9. The minimum Gasteiger partial charge on any atom is -0.356 e. The van der Waals surface area contributed by atoms with Crippen LogP contribution in [0.15, 0.2) is 23.2 Å². The average molecular weight is 351 g/mol. The standard InChI is InChI=1S/C18H27ClN4O/c1-13-14(19)6-5-7-15(13)22-16(24)8-10-21-17(20-4)23-11-9-18(2,3)12-23/h5-7H,8-12H2,1-4H3,(H,20,21)(H,22,24). The summed E-state index contributed by atoms with van der Waals surface area (Å²) in [5, 5.41) is 6.84. The first-order valence-electron chi connectivity index (χ1n) is 8.33. The van der Waals surface area contributed by atoms with Crippen molar-refractivity contribution in [2.45, 2.75) is 33.6 Å². The molecule has 1 aromatic rings. The van der Waals surface area contributed by atoms with Crippen LogP contribution < -0.4 is 10.6 Å². The Hall–Kier alpha value is -1.75. The van der Waals surface area contributed by atoms with Gasteiger partial charge in [0.05, 0.1) is 0 Å². The van der Waals surface area contributed by atoms with Crippen molar-refractivity contribution >= 4 is 29.2 Å². The van der Waals surface area contributed by atoms with Crippen molar-refractivity contribution in [2.75, 3.05) is 32.0 Å². The Morgan fingerprint density at radius 3 is 2.79 bits per heavy atom. The van der Waals surface area contributed by atoms with Gasteiger partial charge in [0, 0.05) is 43.8 Å². The molecule has 1 aromatic carbocycles. The van der Waals surface area contributed by atoms with E-state index >= 15 is 0 Å². The fraction of sp³-hybridized carbons (Fsp3) is 0.556. The summed E-state index contributed by atoms with van der Waals surface area (Å²) < 4.78 is 0. The molecule has 0 radical (unpaired) electrons. The van der Waals surface area contributed by atoms with E-state index in [2.05, 4.69) is 34.4 Å². The number of anilines is 1. The number of likely N-dealkylation sites (tertiary alicyclic amines) is 1. The lowest BCUT2D eigenvalue weighted by atomic mass is 9.93. The molecule has 0 unspecified atom stereocenters. The van der Waals surface area contributed by atoms with E-state index in [1.54, 1.807) is 7.05 Å². The van der Waals surface area contributed by atoms with Crippen LogP contribution in [0, 0.1) is 12.3 Å². The lowest BCUT2D eigenvalue weighted by Gasteiger charge is -2.23. The van der Waals surface area contributed by atoms with Gasteiger partial charge in [-0.05, 0) is 36.5 Å². The van der Waals surface area contributed by atoms with Crippen molar-refractivity contribution in [3.8, 4) is 0 Å². The summed E-state index contributed by atoms with van der Waals surface area (Å²) in [5.41, 5.74) is 1.97. The van der Waals surface area contributed by atoms with Crippen LogP contribution in [-0.2, 0) is 4.79 Å². The second kappa shape index (κ2) is 7.88. The highest BCUT2D eigenvalue weighted by molar-refractivity contribution is 6.31. The van der Waals surface area contributed by atoms with Crippen molar-refractivity contribution in [3.63, 3.8) is 0 Å². The van der Waals surface area contributed by atoms with Gasteiger partial charge in [-0.25, -0.2) is 0 Å². The number of nitrogens with one attached hydrogen (secondary N) is 2. The second-order valence-electron chi connectivity index (χ2n) is 7.02. The maximum Gasteiger partial charge on any atom is 0.226 e. The van der Waals surface area contributed by atoms with E-state index in [1.807, 2.05) is 25.1 Å². The predicted octanol–water partition coefficient (Wildman–Crippen LogP) is 3.28. The topological polar surface area (TPSA) is 56.7 Å². The van der Waals surface area contributed by atoms with Gasteiger partial charge in [-0.15, -0.1) is 0 Å². The third kappa shape index (κ3) is 4.87. The van der Waals surface area contributed by atoms with Crippen LogP contribution >= 0.6 is 11.6 Å². The maximum atomic E-state index is 12.1. The lowest BCUT2D eigenvalue weighted by molar-refractivity contribution is -0.116. The molecule has 1 saturated heterocycles. The maximum absolute atomic E-state index is 12.1. The summed E-state index contributed by atoms with van der Waals surface area (Å²) in [5.74, 6) is 0.831. The summed E-state index contributed by atoms with van der Waals surface area (Å²) in [6.07, 6.45) is 1.53. The first kappa shape index (κ1) is 18.6. The van der Waals surface area contributed by atoms with Crippen molar-refractivity contribution in [1.82, 2.24) is 10.2 Å². The summed E-state index contributed by atoms with van der Waals surface area (Å²) in [4.78, 5) is 18.7. The quantitative estimate of drug-likeness (QED) is 0.647. The number of halogens is 1. The number of amides is 1. The molecule has 1 fully saturated rings. The normalized spacial score (nSPS) is 17.0. The number of guanidine groups is 1. The number of rotatable bonds is 4. The van der Waals surface area contributed by atoms with Gasteiger partial charge in [0.25, 0.3) is 0 Å². The van der Waals surface area contributed by atoms with Crippen molar-refractivity contribution < 1.29 is 4.79 Å². The fourth-order valence-electron chi connectivity index (χ4n) is 2.87. The molecule has 132 valence electrons. The van der Waals surface area contributed by atoms with Crippen LogP contribution in [0.2, 0.25) is 5.02 Å². The Balaban J connectivity index is 1.80. The van der Waals surface area contributed by atoms with Crippen molar-refractivity contribution in [1.29, 1.82) is 0 Å². The number of carbonyl (C=O) groups excluding carboxylic acids is 1. The molecule has 0 atom stereocenters. The third-order valence-corrected chi connectivity index (χ3v) is 4.78. The molecule has 0 aromatic heterocycles. The highest BCUT2D eigenvalue weighted by Gasteiger charge is 2.30. The highest BCUT2D eigenvalue weighted by atomic mass is 35.5. The van der Waals surface area contributed by atoms with E-state index in [1.165, 1.54) is 0 Å². The molecule has 6 heteroatoms. The van der Waals surface area contributed by atoms with Gasteiger partial charge in [-0.1, -0.05) is 31.5 Å².